The van der Waals surface area contributed by atoms with Crippen LogP contribution in [0.1, 0.15) is 95.3 Å². The third-order valence-electron chi connectivity index (χ3n) is 10.5. The lowest BCUT2D eigenvalue weighted by molar-refractivity contribution is -0.170. The number of ether oxygens (including phenoxy) is 3. The van der Waals surface area contributed by atoms with Crippen LogP contribution in [0.4, 0.5) is 4.39 Å². The molecule has 3 N–H and O–H groups in total. The molecule has 44 heavy (non-hydrogen) atoms. The molecule has 0 radical (unpaired) electrons. The van der Waals surface area contributed by atoms with Crippen molar-refractivity contribution in [2.75, 3.05) is 13.7 Å². The van der Waals surface area contributed by atoms with E-state index in [-0.39, 0.29) is 84.0 Å². The topological polar surface area (TPSA) is 140 Å². The number of amides is 2. The third kappa shape index (κ3) is 6.24. The summed E-state index contributed by atoms with van der Waals surface area (Å²) in [6.45, 7) is 6.39. The lowest BCUT2D eigenvalue weighted by Gasteiger charge is -2.39. The van der Waals surface area contributed by atoms with Gasteiger partial charge in [-0.3, -0.25) is 19.2 Å². The van der Waals surface area contributed by atoms with Gasteiger partial charge in [0.15, 0.2) is 17.0 Å². The van der Waals surface area contributed by atoms with E-state index in [9.17, 15) is 24.3 Å². The number of carbonyl (C=O) groups is 4. The number of carbonyl (C=O) groups excluding carboxylic acids is 3. The van der Waals surface area contributed by atoms with E-state index in [1.54, 1.807) is 13.8 Å². The summed E-state index contributed by atoms with van der Waals surface area (Å²) < 4.78 is 31.8. The van der Waals surface area contributed by atoms with Gasteiger partial charge in [-0.15, -0.1) is 0 Å². The molecule has 1 aromatic rings. The second kappa shape index (κ2) is 12.6. The Labute approximate surface area is 257 Å². The summed E-state index contributed by atoms with van der Waals surface area (Å²) in [5.74, 6) is -3.27. The SMILES string of the molecule is COC(=O)C1(C(=O)O)CCC(Oc2cc(C(=O)N[C@@H]3[C@H]4CC[C@H](C4)[C@@H]3C(=O)NCC3(C)CCC3)c(OC(C)C)cc2F)CC1. The number of aliphatic carboxylic acids is 1. The molecule has 0 aliphatic heterocycles. The monoisotopic (exact) mass is 616 g/mol. The first-order valence-corrected chi connectivity index (χ1v) is 15.9. The maximum absolute atomic E-state index is 15.3. The molecule has 0 unspecified atom stereocenters. The minimum atomic E-state index is -1.66. The summed E-state index contributed by atoms with van der Waals surface area (Å²) >= 11 is 0. The summed E-state index contributed by atoms with van der Waals surface area (Å²) in [5, 5.41) is 16.0. The first-order valence-electron chi connectivity index (χ1n) is 15.9. The van der Waals surface area contributed by atoms with E-state index in [1.165, 1.54) is 12.5 Å². The molecule has 4 atom stereocenters. The molecule has 0 spiro atoms. The molecular weight excluding hydrogens is 571 g/mol. The number of nitrogens with one attached hydrogen (secondary N) is 2. The highest BCUT2D eigenvalue weighted by molar-refractivity contribution is 5.99. The lowest BCUT2D eigenvalue weighted by Crippen LogP contribution is -2.51. The molecule has 11 heteroatoms. The number of rotatable bonds is 11. The van der Waals surface area contributed by atoms with Crippen molar-refractivity contribution < 1.29 is 42.9 Å². The molecule has 5 rings (SSSR count). The Morgan fingerprint density at radius 1 is 1.02 bits per heavy atom. The zero-order valence-electron chi connectivity index (χ0n) is 26.1. The van der Waals surface area contributed by atoms with E-state index >= 15 is 4.39 Å². The minimum absolute atomic E-state index is 0.0147. The highest BCUT2D eigenvalue weighted by Crippen LogP contribution is 2.49. The number of esters is 1. The molecule has 4 fully saturated rings. The average molecular weight is 617 g/mol. The number of carboxylic acid groups (broad SMARTS) is 1. The maximum Gasteiger partial charge on any atom is 0.323 e. The number of hydrogen-bond acceptors (Lipinski definition) is 7. The van der Waals surface area contributed by atoms with Crippen LogP contribution in [0.25, 0.3) is 0 Å². The Hall–Kier alpha value is -3.37. The molecule has 4 saturated carbocycles. The Morgan fingerprint density at radius 3 is 2.30 bits per heavy atom. The first-order chi connectivity index (χ1) is 20.9. The fraction of sp³-hybridized carbons (Fsp3) is 0.697. The van der Waals surface area contributed by atoms with Crippen LogP contribution in [0.2, 0.25) is 0 Å². The van der Waals surface area contributed by atoms with Crippen molar-refractivity contribution in [3.8, 4) is 11.5 Å². The molecule has 0 aromatic heterocycles. The van der Waals surface area contributed by atoms with Crippen LogP contribution in [-0.4, -0.2) is 60.8 Å². The zero-order chi connectivity index (χ0) is 31.8. The first kappa shape index (κ1) is 32.0. The largest absolute Gasteiger partial charge is 0.490 e. The fourth-order valence-electron chi connectivity index (χ4n) is 7.72. The van der Waals surface area contributed by atoms with Gasteiger partial charge in [0, 0.05) is 18.7 Å². The van der Waals surface area contributed by atoms with E-state index in [0.29, 0.717) is 6.54 Å². The lowest BCUT2D eigenvalue weighted by atomic mass is 9.70. The molecule has 0 heterocycles. The van der Waals surface area contributed by atoms with Crippen LogP contribution in [0.3, 0.4) is 0 Å². The maximum atomic E-state index is 15.3. The second-order valence-corrected chi connectivity index (χ2v) is 13.9. The molecule has 1 aromatic carbocycles. The molecule has 10 nitrogen and oxygen atoms in total. The van der Waals surface area contributed by atoms with Gasteiger partial charge in [-0.2, -0.15) is 0 Å². The van der Waals surface area contributed by atoms with Crippen LogP contribution in [-0.2, 0) is 19.1 Å². The summed E-state index contributed by atoms with van der Waals surface area (Å²) in [6, 6.07) is 2.12. The third-order valence-corrected chi connectivity index (χ3v) is 10.5. The number of fused-ring (bicyclic) bond motifs is 2. The Morgan fingerprint density at radius 2 is 1.70 bits per heavy atom. The van der Waals surface area contributed by atoms with Gasteiger partial charge >= 0.3 is 11.9 Å². The molecule has 4 aliphatic carbocycles. The van der Waals surface area contributed by atoms with Gasteiger partial charge in [-0.25, -0.2) is 4.39 Å². The standard InChI is InChI=1S/C33H45FN2O8/c1-18(2)43-24-16-23(34)25(44-21-8-12-33(13-9-21,30(39)40)31(41)42-4)15-22(24)28(37)36-27-20-7-6-19(14-20)26(27)29(38)35-17-32(3)10-5-11-32/h15-16,18-21,26-27H,5-14,17H2,1-4H3,(H,35,38)(H,36,37)(H,39,40)/t19-,20+,21?,26+,27-,33?/m1/s1. The smallest absolute Gasteiger partial charge is 0.323 e. The second-order valence-electron chi connectivity index (χ2n) is 13.9. The van der Waals surface area contributed by atoms with E-state index in [1.807, 2.05) is 0 Å². The average Bonchev–Trinajstić information content (AvgIpc) is 3.58. The van der Waals surface area contributed by atoms with Crippen molar-refractivity contribution >= 4 is 23.8 Å². The normalized spacial score (nSPS) is 30.3. The van der Waals surface area contributed by atoms with Crippen LogP contribution >= 0.6 is 0 Å². The van der Waals surface area contributed by atoms with Crippen LogP contribution in [0.5, 0.6) is 11.5 Å². The van der Waals surface area contributed by atoms with Crippen molar-refractivity contribution in [2.45, 2.75) is 103 Å². The quantitative estimate of drug-likeness (QED) is 0.242. The molecule has 2 amide bonds. The number of halogens is 1. The van der Waals surface area contributed by atoms with E-state index in [4.69, 9.17) is 14.2 Å². The van der Waals surface area contributed by atoms with Gasteiger partial charge in [0.05, 0.1) is 30.8 Å². The Balaban J connectivity index is 1.32. The van der Waals surface area contributed by atoms with Gasteiger partial charge in [0.1, 0.15) is 5.75 Å². The van der Waals surface area contributed by atoms with Gasteiger partial charge in [-0.1, -0.05) is 13.3 Å². The molecule has 4 aliphatic rings. The van der Waals surface area contributed by atoms with E-state index in [0.717, 1.165) is 45.3 Å². The minimum Gasteiger partial charge on any atom is -0.490 e. The van der Waals surface area contributed by atoms with Crippen molar-refractivity contribution in [1.29, 1.82) is 0 Å². The van der Waals surface area contributed by atoms with Crippen molar-refractivity contribution in [2.24, 2.45) is 28.6 Å². The van der Waals surface area contributed by atoms with Crippen molar-refractivity contribution in [3.05, 3.63) is 23.5 Å². The summed E-state index contributed by atoms with van der Waals surface area (Å²) in [7, 11) is 1.15. The summed E-state index contributed by atoms with van der Waals surface area (Å²) in [6.07, 6.45) is 5.62. The summed E-state index contributed by atoms with van der Waals surface area (Å²) in [4.78, 5) is 51.4. The van der Waals surface area contributed by atoms with Crippen LogP contribution < -0.4 is 20.1 Å². The molecule has 242 valence electrons. The zero-order valence-corrected chi connectivity index (χ0v) is 26.1. The van der Waals surface area contributed by atoms with E-state index < -0.39 is 35.2 Å². The highest BCUT2D eigenvalue weighted by Gasteiger charge is 2.52. The summed E-state index contributed by atoms with van der Waals surface area (Å²) in [5.41, 5.74) is -1.41. The van der Waals surface area contributed by atoms with Crippen LogP contribution in [0.15, 0.2) is 12.1 Å². The van der Waals surface area contributed by atoms with Crippen molar-refractivity contribution in [3.63, 3.8) is 0 Å². The molecular formula is C33H45FN2O8. The number of methoxy groups -OCH3 is 1. The predicted octanol–water partition coefficient (Wildman–Crippen LogP) is 4.63. The number of benzene rings is 1. The van der Waals surface area contributed by atoms with Gasteiger partial charge in [-0.05, 0) is 95.0 Å². The van der Waals surface area contributed by atoms with Gasteiger partial charge in [0.2, 0.25) is 5.91 Å². The van der Waals surface area contributed by atoms with Crippen LogP contribution in [0, 0.1) is 34.4 Å². The predicted molar refractivity (Wildman–Crippen MR) is 158 cm³/mol. The Bertz CT molecular complexity index is 1290. The van der Waals surface area contributed by atoms with E-state index in [2.05, 4.69) is 17.6 Å². The number of carboxylic acids is 1. The highest BCUT2D eigenvalue weighted by atomic mass is 19.1. The Kier molecular flexibility index (Phi) is 9.14. The van der Waals surface area contributed by atoms with Gasteiger partial charge in [0.25, 0.3) is 5.91 Å². The molecule has 2 bridgehead atoms. The fourth-order valence-corrected chi connectivity index (χ4v) is 7.72. The van der Waals surface area contributed by atoms with Gasteiger partial charge < -0.3 is 30.0 Å². The van der Waals surface area contributed by atoms with Crippen molar-refractivity contribution in [1.82, 2.24) is 10.6 Å². The molecule has 0 saturated heterocycles. The number of hydrogen-bond donors (Lipinski definition) is 3.